The van der Waals surface area contributed by atoms with Gasteiger partial charge in [0.1, 0.15) is 11.5 Å². The summed E-state index contributed by atoms with van der Waals surface area (Å²) in [6.07, 6.45) is 0. The van der Waals surface area contributed by atoms with E-state index in [9.17, 15) is 19.3 Å². The Balaban J connectivity index is 2.35. The number of nitrogens with one attached hydrogen (secondary N) is 1. The van der Waals surface area contributed by atoms with Gasteiger partial charge in [0.15, 0.2) is 0 Å². The van der Waals surface area contributed by atoms with Gasteiger partial charge in [0, 0.05) is 10.5 Å². The first-order valence-corrected chi connectivity index (χ1v) is 6.48. The number of hydrogen-bond acceptors (Lipinski definition) is 4. The average molecular weight is 354 g/mol. The molecule has 108 valence electrons. The molecule has 3 N–H and O–H groups in total. The molecule has 0 radical (unpaired) electrons. The zero-order valence-corrected chi connectivity index (χ0v) is 12.1. The molecule has 8 heteroatoms. The molecule has 0 aliphatic carbocycles. The normalized spacial score (nSPS) is 10.2. The van der Waals surface area contributed by atoms with E-state index in [1.165, 1.54) is 36.4 Å². The van der Waals surface area contributed by atoms with Gasteiger partial charge in [-0.2, -0.15) is 0 Å². The van der Waals surface area contributed by atoms with Gasteiger partial charge in [-0.05, 0) is 24.3 Å². The molecule has 6 nitrogen and oxygen atoms in total. The van der Waals surface area contributed by atoms with Crippen molar-refractivity contribution >= 4 is 38.9 Å². The van der Waals surface area contributed by atoms with Gasteiger partial charge in [0.2, 0.25) is 0 Å². The first-order valence-electron chi connectivity index (χ1n) is 5.69. The largest absolute Gasteiger partial charge is 0.393 e. The quantitative estimate of drug-likeness (QED) is 0.502. The van der Waals surface area contributed by atoms with Crippen molar-refractivity contribution in [1.29, 1.82) is 0 Å². The molecule has 2 aromatic rings. The summed E-state index contributed by atoms with van der Waals surface area (Å²) in [5.74, 6) is -1.36. The van der Waals surface area contributed by atoms with Crippen molar-refractivity contribution in [2.75, 3.05) is 11.1 Å². The SMILES string of the molecule is Nc1c(C(=O)Nc2cc(Br)ccc2F)cccc1[N+](=O)[O-]. The number of nitrogens with two attached hydrogens (primary N) is 1. The number of rotatable bonds is 3. The standard InChI is InChI=1S/C13H9BrFN3O3/c14-7-4-5-9(15)10(6-7)17-13(19)8-2-1-3-11(12(8)16)18(20)21/h1-6H,16H2,(H,17,19). The lowest BCUT2D eigenvalue weighted by atomic mass is 10.1. The van der Waals surface area contributed by atoms with Crippen LogP contribution in [0.4, 0.5) is 21.5 Å². The van der Waals surface area contributed by atoms with Crippen molar-refractivity contribution in [3.63, 3.8) is 0 Å². The summed E-state index contributed by atoms with van der Waals surface area (Å²) < 4.78 is 14.2. The number of carbonyl (C=O) groups excluding carboxylic acids is 1. The van der Waals surface area contributed by atoms with E-state index in [1.54, 1.807) is 0 Å². The number of nitrogens with zero attached hydrogens (tertiary/aromatic N) is 1. The molecule has 0 bridgehead atoms. The Kier molecular flexibility index (Phi) is 4.18. The number of para-hydroxylation sites is 1. The summed E-state index contributed by atoms with van der Waals surface area (Å²) in [6.45, 7) is 0. The molecule has 2 rings (SSSR count). The van der Waals surface area contributed by atoms with E-state index in [-0.39, 0.29) is 22.6 Å². The van der Waals surface area contributed by atoms with Crippen LogP contribution in [0.5, 0.6) is 0 Å². The van der Waals surface area contributed by atoms with Gasteiger partial charge < -0.3 is 11.1 Å². The summed E-state index contributed by atoms with van der Waals surface area (Å²) >= 11 is 3.16. The topological polar surface area (TPSA) is 98.3 Å². The van der Waals surface area contributed by atoms with E-state index in [0.29, 0.717) is 4.47 Å². The Bertz CT molecular complexity index is 737. The second-order valence-corrected chi connectivity index (χ2v) is 4.99. The van der Waals surface area contributed by atoms with Gasteiger partial charge in [-0.3, -0.25) is 14.9 Å². The maximum Gasteiger partial charge on any atom is 0.292 e. The highest BCUT2D eigenvalue weighted by molar-refractivity contribution is 9.10. The molecule has 0 aliphatic rings. The first-order chi connectivity index (χ1) is 9.90. The van der Waals surface area contributed by atoms with E-state index in [2.05, 4.69) is 21.2 Å². The van der Waals surface area contributed by atoms with Crippen LogP contribution in [-0.2, 0) is 0 Å². The van der Waals surface area contributed by atoms with Gasteiger partial charge in [0.05, 0.1) is 16.2 Å². The van der Waals surface area contributed by atoms with Crippen LogP contribution in [0.15, 0.2) is 40.9 Å². The highest BCUT2D eigenvalue weighted by Gasteiger charge is 2.19. The molecule has 0 saturated heterocycles. The number of nitro groups is 1. The Morgan fingerprint density at radius 3 is 2.71 bits per heavy atom. The molecule has 2 aromatic carbocycles. The van der Waals surface area contributed by atoms with E-state index >= 15 is 0 Å². The smallest absolute Gasteiger partial charge is 0.292 e. The van der Waals surface area contributed by atoms with E-state index in [0.717, 1.165) is 0 Å². The fourth-order valence-corrected chi connectivity index (χ4v) is 2.05. The molecule has 0 atom stereocenters. The summed E-state index contributed by atoms with van der Waals surface area (Å²) in [5, 5.41) is 13.1. The van der Waals surface area contributed by atoms with Crippen molar-refractivity contribution in [3.05, 3.63) is 62.4 Å². The molecule has 21 heavy (non-hydrogen) atoms. The van der Waals surface area contributed by atoms with Crippen LogP contribution in [0.1, 0.15) is 10.4 Å². The first kappa shape index (κ1) is 14.9. The molecular formula is C13H9BrFN3O3. The van der Waals surface area contributed by atoms with Crippen LogP contribution in [0.2, 0.25) is 0 Å². The highest BCUT2D eigenvalue weighted by atomic mass is 79.9. The number of benzene rings is 2. The summed E-state index contributed by atoms with van der Waals surface area (Å²) in [6, 6.07) is 7.88. The number of amides is 1. The zero-order valence-electron chi connectivity index (χ0n) is 10.5. The molecule has 0 fully saturated rings. The maximum atomic E-state index is 13.6. The fraction of sp³-hybridized carbons (Fsp3) is 0. The van der Waals surface area contributed by atoms with Crippen LogP contribution in [0, 0.1) is 15.9 Å². The van der Waals surface area contributed by atoms with Crippen molar-refractivity contribution in [2.45, 2.75) is 0 Å². The Morgan fingerprint density at radius 1 is 1.33 bits per heavy atom. The third-order valence-corrected chi connectivity index (χ3v) is 3.19. The second kappa shape index (κ2) is 5.88. The Labute approximate surface area is 127 Å². The van der Waals surface area contributed by atoms with Gasteiger partial charge >= 0.3 is 0 Å². The lowest BCUT2D eigenvalue weighted by molar-refractivity contribution is -0.383. The minimum atomic E-state index is -0.729. The third-order valence-electron chi connectivity index (χ3n) is 2.70. The Morgan fingerprint density at radius 2 is 2.05 bits per heavy atom. The maximum absolute atomic E-state index is 13.6. The molecule has 0 saturated carbocycles. The second-order valence-electron chi connectivity index (χ2n) is 4.07. The summed E-state index contributed by atoms with van der Waals surface area (Å²) in [4.78, 5) is 22.2. The van der Waals surface area contributed by atoms with Crippen LogP contribution in [0.3, 0.4) is 0 Å². The molecule has 0 heterocycles. The van der Waals surface area contributed by atoms with Crippen molar-refractivity contribution in [1.82, 2.24) is 0 Å². The number of anilines is 2. The van der Waals surface area contributed by atoms with E-state index in [1.807, 2.05) is 0 Å². The molecule has 1 amide bonds. The predicted molar refractivity (Wildman–Crippen MR) is 79.6 cm³/mol. The van der Waals surface area contributed by atoms with E-state index < -0.39 is 16.6 Å². The minimum absolute atomic E-state index is 0.0553. The zero-order chi connectivity index (χ0) is 15.6. The minimum Gasteiger partial charge on any atom is -0.393 e. The number of carbonyl (C=O) groups is 1. The summed E-state index contributed by atoms with van der Waals surface area (Å²) in [7, 11) is 0. The molecular weight excluding hydrogens is 345 g/mol. The number of halogens is 2. The van der Waals surface area contributed by atoms with E-state index in [4.69, 9.17) is 5.73 Å². The van der Waals surface area contributed by atoms with Gasteiger partial charge in [-0.25, -0.2) is 4.39 Å². The monoisotopic (exact) mass is 353 g/mol. The average Bonchev–Trinajstić information content (AvgIpc) is 2.42. The molecule has 0 aliphatic heterocycles. The number of nitro benzene ring substituents is 1. The molecule has 0 unspecified atom stereocenters. The lowest BCUT2D eigenvalue weighted by Gasteiger charge is -2.09. The predicted octanol–water partition coefficient (Wildman–Crippen LogP) is 3.33. The molecule has 0 spiro atoms. The lowest BCUT2D eigenvalue weighted by Crippen LogP contribution is -2.15. The van der Waals surface area contributed by atoms with Gasteiger partial charge in [-0.15, -0.1) is 0 Å². The summed E-state index contributed by atoms with van der Waals surface area (Å²) in [5.41, 5.74) is 4.81. The van der Waals surface area contributed by atoms with Crippen LogP contribution in [0.25, 0.3) is 0 Å². The molecule has 0 aromatic heterocycles. The van der Waals surface area contributed by atoms with Gasteiger partial charge in [-0.1, -0.05) is 22.0 Å². The van der Waals surface area contributed by atoms with Crippen LogP contribution < -0.4 is 11.1 Å². The van der Waals surface area contributed by atoms with Crippen LogP contribution >= 0.6 is 15.9 Å². The number of hydrogen-bond donors (Lipinski definition) is 2. The fourth-order valence-electron chi connectivity index (χ4n) is 1.69. The third kappa shape index (κ3) is 3.16. The number of nitrogen functional groups attached to an aromatic ring is 1. The highest BCUT2D eigenvalue weighted by Crippen LogP contribution is 2.26. The van der Waals surface area contributed by atoms with Crippen molar-refractivity contribution in [3.8, 4) is 0 Å². The van der Waals surface area contributed by atoms with Crippen molar-refractivity contribution < 1.29 is 14.1 Å². The van der Waals surface area contributed by atoms with Crippen LogP contribution in [-0.4, -0.2) is 10.8 Å². The van der Waals surface area contributed by atoms with Crippen molar-refractivity contribution in [2.24, 2.45) is 0 Å². The Hall–Kier alpha value is -2.48. The van der Waals surface area contributed by atoms with Gasteiger partial charge in [0.25, 0.3) is 11.6 Å².